The molecule has 1 heterocycles. The Labute approximate surface area is 123 Å². The van der Waals surface area contributed by atoms with Gasteiger partial charge in [-0.1, -0.05) is 13.8 Å². The molecule has 0 fully saturated rings. The molecule has 0 atom stereocenters. The molecule has 0 aromatic carbocycles. The molecule has 0 saturated carbocycles. The number of carbonyl (C=O) groups excluding carboxylic acids is 1. The van der Waals surface area contributed by atoms with Crippen molar-refractivity contribution in [2.24, 2.45) is 0 Å². The average Bonchev–Trinajstić information content (AvgIpc) is 2.85. The maximum atomic E-state index is 12.3. The van der Waals surface area contributed by atoms with Crippen molar-refractivity contribution in [2.45, 2.75) is 27.2 Å². The van der Waals surface area contributed by atoms with Gasteiger partial charge in [-0.3, -0.25) is 4.79 Å². The summed E-state index contributed by atoms with van der Waals surface area (Å²) in [6.07, 6.45) is 2.53. The maximum absolute atomic E-state index is 12.3. The highest BCUT2D eigenvalue weighted by Gasteiger charge is 2.18. The van der Waals surface area contributed by atoms with Crippen LogP contribution in [0.2, 0.25) is 0 Å². The van der Waals surface area contributed by atoms with E-state index in [0.717, 1.165) is 32.6 Å². The first-order chi connectivity index (χ1) is 9.13. The fourth-order valence-corrected chi connectivity index (χ4v) is 2.45. The van der Waals surface area contributed by atoms with Crippen molar-refractivity contribution in [3.05, 3.63) is 22.6 Å². The molecule has 0 aliphatic carbocycles. The fraction of sp³-hybridized carbons (Fsp3) is 0.643. The Kier molecular flexibility index (Phi) is 7.16. The van der Waals surface area contributed by atoms with Gasteiger partial charge in [0.25, 0.3) is 5.91 Å². The van der Waals surface area contributed by atoms with Crippen LogP contribution in [0.5, 0.6) is 0 Å². The zero-order chi connectivity index (χ0) is 14.3. The molecule has 0 unspecified atom stereocenters. The first kappa shape index (κ1) is 16.2. The first-order valence-electron chi connectivity index (χ1n) is 6.88. The summed E-state index contributed by atoms with van der Waals surface area (Å²) in [4.78, 5) is 16.5. The zero-order valence-corrected chi connectivity index (χ0v) is 13.6. The van der Waals surface area contributed by atoms with Gasteiger partial charge in [0, 0.05) is 13.1 Å². The second-order valence-corrected chi connectivity index (χ2v) is 5.09. The Morgan fingerprint density at radius 2 is 1.89 bits per heavy atom. The molecule has 1 aromatic heterocycles. The van der Waals surface area contributed by atoms with Crippen molar-refractivity contribution >= 4 is 21.8 Å². The molecule has 0 aliphatic rings. The number of furan rings is 1. The molecule has 1 amide bonds. The van der Waals surface area contributed by atoms with Crippen LogP contribution in [0.15, 0.2) is 21.4 Å². The van der Waals surface area contributed by atoms with Gasteiger partial charge in [0.05, 0.1) is 11.8 Å². The van der Waals surface area contributed by atoms with E-state index in [4.69, 9.17) is 4.42 Å². The maximum Gasteiger partial charge on any atom is 0.258 e. The van der Waals surface area contributed by atoms with Crippen molar-refractivity contribution in [1.82, 2.24) is 9.80 Å². The second kappa shape index (κ2) is 8.38. The van der Waals surface area contributed by atoms with Gasteiger partial charge in [0.15, 0.2) is 4.67 Å². The second-order valence-electron chi connectivity index (χ2n) is 4.37. The van der Waals surface area contributed by atoms with E-state index >= 15 is 0 Å². The predicted molar refractivity (Wildman–Crippen MR) is 80.4 cm³/mol. The summed E-state index contributed by atoms with van der Waals surface area (Å²) >= 11 is 3.26. The largest absolute Gasteiger partial charge is 0.457 e. The van der Waals surface area contributed by atoms with Gasteiger partial charge in [-0.05, 0) is 55.0 Å². The highest BCUT2D eigenvalue weighted by atomic mass is 79.9. The van der Waals surface area contributed by atoms with Crippen molar-refractivity contribution < 1.29 is 9.21 Å². The van der Waals surface area contributed by atoms with E-state index in [9.17, 15) is 4.79 Å². The van der Waals surface area contributed by atoms with Crippen LogP contribution in [0.4, 0.5) is 0 Å². The fourth-order valence-electron chi connectivity index (χ4n) is 2.04. The number of hydrogen-bond donors (Lipinski definition) is 0. The van der Waals surface area contributed by atoms with Gasteiger partial charge in [-0.15, -0.1) is 0 Å². The lowest BCUT2D eigenvalue weighted by atomic mass is 10.2. The van der Waals surface area contributed by atoms with E-state index < -0.39 is 0 Å². The third-order valence-corrected chi connectivity index (χ3v) is 3.93. The van der Waals surface area contributed by atoms with Crippen LogP contribution in [0, 0.1) is 0 Å². The monoisotopic (exact) mass is 330 g/mol. The van der Waals surface area contributed by atoms with Gasteiger partial charge in [-0.25, -0.2) is 0 Å². The summed E-state index contributed by atoms with van der Waals surface area (Å²) < 4.78 is 5.63. The van der Waals surface area contributed by atoms with E-state index in [2.05, 4.69) is 34.7 Å². The van der Waals surface area contributed by atoms with Gasteiger partial charge < -0.3 is 14.2 Å². The molecule has 4 nitrogen and oxygen atoms in total. The summed E-state index contributed by atoms with van der Waals surface area (Å²) in [5.41, 5.74) is 0.602. The Hall–Kier alpha value is -0.810. The summed E-state index contributed by atoms with van der Waals surface area (Å²) in [6.45, 7) is 11.0. The minimum absolute atomic E-state index is 0.0303. The molecular weight excluding hydrogens is 308 g/mol. The number of rotatable bonds is 8. The molecule has 5 heteroatoms. The van der Waals surface area contributed by atoms with Crippen LogP contribution in [-0.4, -0.2) is 48.4 Å². The normalized spacial score (nSPS) is 11.0. The molecule has 0 spiro atoms. The van der Waals surface area contributed by atoms with E-state index in [-0.39, 0.29) is 5.91 Å². The zero-order valence-electron chi connectivity index (χ0n) is 12.0. The highest BCUT2D eigenvalue weighted by molar-refractivity contribution is 9.10. The molecule has 19 heavy (non-hydrogen) atoms. The predicted octanol–water partition coefficient (Wildman–Crippen LogP) is 3.24. The standard InChI is InChI=1S/C14H23BrN2O2/c1-4-16(5-2)9-7-10-17(6-3)14(18)12-8-11-19-13(12)15/h8,11H,4-7,9-10H2,1-3H3. The van der Waals surface area contributed by atoms with E-state index in [1.54, 1.807) is 6.07 Å². The summed E-state index contributed by atoms with van der Waals surface area (Å²) in [5, 5.41) is 0. The average molecular weight is 331 g/mol. The molecule has 0 radical (unpaired) electrons. The SMILES string of the molecule is CCN(CC)CCCN(CC)C(=O)c1ccoc1Br. The van der Waals surface area contributed by atoms with Crippen LogP contribution in [0.3, 0.4) is 0 Å². The third-order valence-electron chi connectivity index (χ3n) is 3.31. The number of halogens is 1. The summed E-state index contributed by atoms with van der Waals surface area (Å²) in [6, 6.07) is 1.71. The van der Waals surface area contributed by atoms with E-state index in [0.29, 0.717) is 16.8 Å². The van der Waals surface area contributed by atoms with Crippen LogP contribution in [0.1, 0.15) is 37.6 Å². The topological polar surface area (TPSA) is 36.7 Å². The Morgan fingerprint density at radius 1 is 1.21 bits per heavy atom. The lowest BCUT2D eigenvalue weighted by Gasteiger charge is -2.23. The molecule has 0 saturated heterocycles. The Balaban J connectivity index is 2.50. The van der Waals surface area contributed by atoms with E-state index in [1.807, 2.05) is 11.8 Å². The van der Waals surface area contributed by atoms with Crippen LogP contribution in [0.25, 0.3) is 0 Å². The Morgan fingerprint density at radius 3 is 2.37 bits per heavy atom. The van der Waals surface area contributed by atoms with Gasteiger partial charge in [0.2, 0.25) is 0 Å². The Bertz CT molecular complexity index is 389. The molecule has 108 valence electrons. The van der Waals surface area contributed by atoms with Gasteiger partial charge >= 0.3 is 0 Å². The van der Waals surface area contributed by atoms with Crippen LogP contribution in [-0.2, 0) is 0 Å². The molecule has 1 rings (SSSR count). The number of amides is 1. The van der Waals surface area contributed by atoms with Crippen molar-refractivity contribution in [3.63, 3.8) is 0 Å². The first-order valence-corrected chi connectivity index (χ1v) is 7.67. The quantitative estimate of drug-likeness (QED) is 0.734. The number of nitrogens with zero attached hydrogens (tertiary/aromatic N) is 2. The van der Waals surface area contributed by atoms with Crippen molar-refractivity contribution in [2.75, 3.05) is 32.7 Å². The lowest BCUT2D eigenvalue weighted by molar-refractivity contribution is 0.0755. The molecule has 0 bridgehead atoms. The summed E-state index contributed by atoms with van der Waals surface area (Å²) in [7, 11) is 0. The van der Waals surface area contributed by atoms with Crippen molar-refractivity contribution in [1.29, 1.82) is 0 Å². The summed E-state index contributed by atoms with van der Waals surface area (Å²) in [5.74, 6) is 0.0303. The molecule has 0 aliphatic heterocycles. The van der Waals surface area contributed by atoms with Crippen molar-refractivity contribution in [3.8, 4) is 0 Å². The lowest BCUT2D eigenvalue weighted by Crippen LogP contribution is -2.34. The van der Waals surface area contributed by atoms with Gasteiger partial charge in [0.1, 0.15) is 0 Å². The highest BCUT2D eigenvalue weighted by Crippen LogP contribution is 2.19. The van der Waals surface area contributed by atoms with E-state index in [1.165, 1.54) is 6.26 Å². The number of hydrogen-bond acceptors (Lipinski definition) is 3. The molecule has 0 N–H and O–H groups in total. The van der Waals surface area contributed by atoms with Crippen LogP contribution >= 0.6 is 15.9 Å². The third kappa shape index (κ3) is 4.66. The van der Waals surface area contributed by atoms with Crippen LogP contribution < -0.4 is 0 Å². The van der Waals surface area contributed by atoms with Gasteiger partial charge in [-0.2, -0.15) is 0 Å². The number of carbonyl (C=O) groups is 1. The minimum atomic E-state index is 0.0303. The molecule has 1 aromatic rings. The smallest absolute Gasteiger partial charge is 0.258 e. The minimum Gasteiger partial charge on any atom is -0.457 e. The molecular formula is C14H23BrN2O2.